The van der Waals surface area contributed by atoms with Crippen LogP contribution in [0.15, 0.2) is 24.3 Å². The first-order valence-corrected chi connectivity index (χ1v) is 10.4. The molecule has 0 N–H and O–H groups in total. The molecular weight excluding hydrogens is 345 g/mol. The Labute approximate surface area is 148 Å². The Kier molecular flexibility index (Phi) is 5.29. The van der Waals surface area contributed by atoms with Gasteiger partial charge in [0.1, 0.15) is 5.82 Å². The summed E-state index contributed by atoms with van der Waals surface area (Å²) >= 11 is 0. The topological polar surface area (TPSA) is 60.9 Å². The Bertz CT molecular complexity index is 715. The summed E-state index contributed by atoms with van der Waals surface area (Å²) in [5.74, 6) is -0.0264. The van der Waals surface area contributed by atoms with Crippen LogP contribution >= 0.6 is 0 Å². The number of likely N-dealkylation sites (N-methyl/N-ethyl adjacent to an activating group) is 1. The van der Waals surface area contributed by atoms with Gasteiger partial charge in [0.25, 0.3) is 0 Å². The molecule has 1 aromatic carbocycles. The second-order valence-electron chi connectivity index (χ2n) is 6.80. The zero-order valence-corrected chi connectivity index (χ0v) is 15.2. The van der Waals surface area contributed by atoms with Crippen LogP contribution in [0.3, 0.4) is 0 Å². The van der Waals surface area contributed by atoms with Crippen molar-refractivity contribution in [1.29, 1.82) is 0 Å². The molecule has 25 heavy (non-hydrogen) atoms. The highest BCUT2D eigenvalue weighted by molar-refractivity contribution is 7.91. The molecule has 0 bridgehead atoms. The van der Waals surface area contributed by atoms with Crippen molar-refractivity contribution in [1.82, 2.24) is 9.80 Å². The summed E-state index contributed by atoms with van der Waals surface area (Å²) in [5, 5.41) is 0. The van der Waals surface area contributed by atoms with E-state index in [1.54, 1.807) is 24.1 Å². The first kappa shape index (κ1) is 18.1. The van der Waals surface area contributed by atoms with Crippen LogP contribution in [0.1, 0.15) is 6.42 Å². The molecule has 6 nitrogen and oxygen atoms in total. The highest BCUT2D eigenvalue weighted by Gasteiger charge is 2.33. The number of hydrogen-bond acceptors (Lipinski definition) is 5. The van der Waals surface area contributed by atoms with Crippen LogP contribution in [0.5, 0.6) is 0 Å². The van der Waals surface area contributed by atoms with E-state index in [0.29, 0.717) is 13.0 Å². The molecular formula is C17H24FN3O3S. The van der Waals surface area contributed by atoms with Crippen LogP contribution in [0.25, 0.3) is 0 Å². The molecule has 8 heteroatoms. The fourth-order valence-corrected chi connectivity index (χ4v) is 5.18. The van der Waals surface area contributed by atoms with Crippen molar-refractivity contribution in [3.05, 3.63) is 30.1 Å². The van der Waals surface area contributed by atoms with Gasteiger partial charge in [-0.2, -0.15) is 0 Å². The zero-order chi connectivity index (χ0) is 18.0. The molecule has 0 aliphatic carbocycles. The molecule has 1 amide bonds. The van der Waals surface area contributed by atoms with Gasteiger partial charge in [-0.25, -0.2) is 12.8 Å². The van der Waals surface area contributed by atoms with Crippen LogP contribution < -0.4 is 4.90 Å². The number of anilines is 1. The first-order chi connectivity index (χ1) is 11.8. The van der Waals surface area contributed by atoms with Crippen molar-refractivity contribution >= 4 is 21.4 Å². The lowest BCUT2D eigenvalue weighted by Gasteiger charge is -2.36. The number of carbonyl (C=O) groups is 1. The molecule has 3 rings (SSSR count). The van der Waals surface area contributed by atoms with E-state index in [4.69, 9.17) is 0 Å². The van der Waals surface area contributed by atoms with Crippen molar-refractivity contribution in [2.24, 2.45) is 0 Å². The summed E-state index contributed by atoms with van der Waals surface area (Å²) in [6.07, 6.45) is 0.531. The van der Waals surface area contributed by atoms with Crippen molar-refractivity contribution in [3.63, 3.8) is 0 Å². The number of amides is 1. The lowest BCUT2D eigenvalue weighted by atomic mass is 10.2. The fraction of sp³-hybridized carbons (Fsp3) is 0.588. The van der Waals surface area contributed by atoms with Crippen LogP contribution in [0.2, 0.25) is 0 Å². The van der Waals surface area contributed by atoms with Crippen molar-refractivity contribution in [3.8, 4) is 0 Å². The number of nitrogens with zero attached hydrogens (tertiary/aromatic N) is 3. The molecule has 2 aliphatic heterocycles. The van der Waals surface area contributed by atoms with Crippen molar-refractivity contribution in [2.75, 3.05) is 56.2 Å². The second-order valence-corrected chi connectivity index (χ2v) is 9.03. The SMILES string of the molecule is CN(C(=O)CN1CCN(c2ccc(F)cc2)CC1)[C@@H]1CCS(=O)(=O)C1. The maximum absolute atomic E-state index is 13.0. The lowest BCUT2D eigenvalue weighted by Crippen LogP contribution is -2.51. The monoisotopic (exact) mass is 369 g/mol. The summed E-state index contributed by atoms with van der Waals surface area (Å²) in [7, 11) is -1.29. The Morgan fingerprint density at radius 1 is 1.20 bits per heavy atom. The third kappa shape index (κ3) is 4.49. The molecule has 0 unspecified atom stereocenters. The minimum atomic E-state index is -2.99. The van der Waals surface area contributed by atoms with Gasteiger partial charge in [0, 0.05) is 45.0 Å². The minimum Gasteiger partial charge on any atom is -0.369 e. The maximum atomic E-state index is 13.0. The predicted octanol–water partition coefficient (Wildman–Crippen LogP) is 0.593. The van der Waals surface area contributed by atoms with Gasteiger partial charge in [-0.3, -0.25) is 9.69 Å². The average molecular weight is 369 g/mol. The molecule has 0 radical (unpaired) electrons. The van der Waals surface area contributed by atoms with Gasteiger partial charge >= 0.3 is 0 Å². The first-order valence-electron chi connectivity index (χ1n) is 8.53. The summed E-state index contributed by atoms with van der Waals surface area (Å²) in [6, 6.07) is 6.25. The van der Waals surface area contributed by atoms with Crippen LogP contribution in [0.4, 0.5) is 10.1 Å². The van der Waals surface area contributed by atoms with Crippen molar-refractivity contribution < 1.29 is 17.6 Å². The van der Waals surface area contributed by atoms with Crippen molar-refractivity contribution in [2.45, 2.75) is 12.5 Å². The molecule has 138 valence electrons. The zero-order valence-electron chi connectivity index (χ0n) is 14.4. The number of hydrogen-bond donors (Lipinski definition) is 0. The highest BCUT2D eigenvalue weighted by Crippen LogP contribution is 2.18. The van der Waals surface area contributed by atoms with E-state index < -0.39 is 9.84 Å². The molecule has 0 saturated carbocycles. The number of piperazine rings is 1. The fourth-order valence-electron chi connectivity index (χ4n) is 3.40. The van der Waals surface area contributed by atoms with Gasteiger partial charge < -0.3 is 9.80 Å². The molecule has 1 aromatic rings. The Morgan fingerprint density at radius 2 is 1.84 bits per heavy atom. The third-order valence-corrected chi connectivity index (χ3v) is 6.82. The molecule has 2 heterocycles. The largest absolute Gasteiger partial charge is 0.369 e. The number of benzene rings is 1. The summed E-state index contributed by atoms with van der Waals surface area (Å²) in [5.41, 5.74) is 0.987. The third-order valence-electron chi connectivity index (χ3n) is 5.07. The summed E-state index contributed by atoms with van der Waals surface area (Å²) < 4.78 is 36.1. The van der Waals surface area contributed by atoms with E-state index in [2.05, 4.69) is 9.80 Å². The van der Waals surface area contributed by atoms with E-state index in [-0.39, 0.29) is 29.3 Å². The lowest BCUT2D eigenvalue weighted by molar-refractivity contribution is -0.132. The van der Waals surface area contributed by atoms with E-state index >= 15 is 0 Å². The van der Waals surface area contributed by atoms with E-state index in [1.165, 1.54) is 12.1 Å². The van der Waals surface area contributed by atoms with E-state index in [9.17, 15) is 17.6 Å². The molecule has 0 aromatic heterocycles. The second kappa shape index (κ2) is 7.29. The van der Waals surface area contributed by atoms with Gasteiger partial charge in [-0.1, -0.05) is 0 Å². The van der Waals surface area contributed by atoms with Gasteiger partial charge in [-0.05, 0) is 30.7 Å². The average Bonchev–Trinajstić information content (AvgIpc) is 2.95. The number of sulfone groups is 1. The maximum Gasteiger partial charge on any atom is 0.236 e. The van der Waals surface area contributed by atoms with Crippen LogP contribution in [-0.4, -0.2) is 81.4 Å². The quantitative estimate of drug-likeness (QED) is 0.778. The van der Waals surface area contributed by atoms with E-state index in [1.807, 2.05) is 0 Å². The highest BCUT2D eigenvalue weighted by atomic mass is 32.2. The van der Waals surface area contributed by atoms with Gasteiger partial charge in [0.2, 0.25) is 5.91 Å². The summed E-state index contributed by atoms with van der Waals surface area (Å²) in [6.45, 7) is 3.37. The van der Waals surface area contributed by atoms with Gasteiger partial charge in [0.05, 0.1) is 18.1 Å². The number of halogens is 1. The Balaban J connectivity index is 1.48. The predicted molar refractivity (Wildman–Crippen MR) is 94.9 cm³/mol. The molecule has 0 spiro atoms. The van der Waals surface area contributed by atoms with Crippen LogP contribution in [-0.2, 0) is 14.6 Å². The smallest absolute Gasteiger partial charge is 0.236 e. The molecule has 2 aliphatic rings. The van der Waals surface area contributed by atoms with Crippen LogP contribution in [0, 0.1) is 5.82 Å². The molecule has 1 atom stereocenters. The normalized spacial score (nSPS) is 23.6. The van der Waals surface area contributed by atoms with E-state index in [0.717, 1.165) is 31.9 Å². The minimum absolute atomic E-state index is 0.0302. The number of rotatable bonds is 4. The standard InChI is InChI=1S/C17H24FN3O3S/c1-19(16-6-11-25(23,24)13-16)17(22)12-20-7-9-21(10-8-20)15-4-2-14(18)3-5-15/h2-5,16H,6-13H2,1H3/t16-/m1/s1. The molecule has 2 fully saturated rings. The Hall–Kier alpha value is -1.67. The van der Waals surface area contributed by atoms with Gasteiger partial charge in [-0.15, -0.1) is 0 Å². The Morgan fingerprint density at radius 3 is 2.40 bits per heavy atom. The number of carbonyl (C=O) groups excluding carboxylic acids is 1. The molecule has 2 saturated heterocycles. The van der Waals surface area contributed by atoms with Gasteiger partial charge in [0.15, 0.2) is 9.84 Å². The summed E-state index contributed by atoms with van der Waals surface area (Å²) in [4.78, 5) is 18.3.